The van der Waals surface area contributed by atoms with Crippen molar-refractivity contribution in [3.05, 3.63) is 77.2 Å². The average Bonchev–Trinajstić information content (AvgIpc) is 2.83. The van der Waals surface area contributed by atoms with Gasteiger partial charge in [-0.05, 0) is 68.8 Å². The van der Waals surface area contributed by atoms with E-state index in [9.17, 15) is 14.0 Å². The molecule has 1 N–H and O–H groups in total. The number of hydrogen-bond donors (Lipinski definition) is 1. The molecule has 0 bridgehead atoms. The van der Waals surface area contributed by atoms with E-state index < -0.39 is 11.7 Å². The van der Waals surface area contributed by atoms with E-state index in [-0.39, 0.29) is 17.5 Å². The van der Waals surface area contributed by atoms with Crippen molar-refractivity contribution in [2.45, 2.75) is 36.7 Å². The summed E-state index contributed by atoms with van der Waals surface area (Å²) in [6.07, 6.45) is 1.65. The lowest BCUT2D eigenvalue weighted by molar-refractivity contribution is 0.0975. The second-order valence-electron chi connectivity index (χ2n) is 7.33. The zero-order valence-electron chi connectivity index (χ0n) is 16.8. The first-order valence-corrected chi connectivity index (χ1v) is 10.3. The van der Waals surface area contributed by atoms with Gasteiger partial charge in [-0.25, -0.2) is 9.37 Å². The Morgan fingerprint density at radius 3 is 2.70 bits per heavy atom. The molecule has 2 amide bonds. The molecule has 7 heteroatoms. The van der Waals surface area contributed by atoms with Crippen LogP contribution in [0.2, 0.25) is 0 Å². The van der Waals surface area contributed by atoms with Gasteiger partial charge in [0.05, 0.1) is 11.3 Å². The molecule has 5 nitrogen and oxygen atoms in total. The molecule has 3 aromatic rings. The van der Waals surface area contributed by atoms with Gasteiger partial charge in [0, 0.05) is 28.4 Å². The van der Waals surface area contributed by atoms with Crippen molar-refractivity contribution in [3.63, 3.8) is 0 Å². The predicted octanol–water partition coefficient (Wildman–Crippen LogP) is 5.30. The third-order valence-corrected chi connectivity index (χ3v) is 5.92. The number of anilines is 2. The molecule has 2 heterocycles. The number of amides is 2. The summed E-state index contributed by atoms with van der Waals surface area (Å²) in [5.41, 5.74) is 2.59. The molecule has 30 heavy (non-hydrogen) atoms. The molecule has 152 valence electrons. The predicted molar refractivity (Wildman–Crippen MR) is 116 cm³/mol. The standard InChI is InChI=1S/C23H20FN3O2S/c1-13(2)27-19-9-8-16(26-21(28)15-7-6-14(3)18(24)11-15)12-20(19)30-22-17(23(27)29)5-4-10-25-22/h4-13H,1-3H3,(H,26,28). The molecule has 0 radical (unpaired) electrons. The zero-order valence-corrected chi connectivity index (χ0v) is 17.6. The van der Waals surface area contributed by atoms with Crippen LogP contribution in [-0.4, -0.2) is 22.8 Å². The van der Waals surface area contributed by atoms with E-state index in [0.29, 0.717) is 21.8 Å². The quantitative estimate of drug-likeness (QED) is 0.623. The molecule has 0 fully saturated rings. The first-order valence-electron chi connectivity index (χ1n) is 9.53. The Morgan fingerprint density at radius 2 is 1.97 bits per heavy atom. The minimum atomic E-state index is -0.422. The van der Waals surface area contributed by atoms with Gasteiger partial charge in [0.1, 0.15) is 10.8 Å². The molecule has 1 aliphatic rings. The van der Waals surface area contributed by atoms with Crippen molar-refractivity contribution in [2.75, 3.05) is 10.2 Å². The highest BCUT2D eigenvalue weighted by Gasteiger charge is 2.30. The lowest BCUT2D eigenvalue weighted by Gasteiger charge is -2.27. The molecule has 0 saturated carbocycles. The number of halogens is 1. The highest BCUT2D eigenvalue weighted by molar-refractivity contribution is 7.99. The summed E-state index contributed by atoms with van der Waals surface area (Å²) in [7, 11) is 0. The number of carbonyl (C=O) groups is 2. The minimum absolute atomic E-state index is 0.0565. The second kappa shape index (κ2) is 7.91. The molecular formula is C23H20FN3O2S. The van der Waals surface area contributed by atoms with Crippen LogP contribution in [0.5, 0.6) is 0 Å². The third-order valence-electron chi connectivity index (χ3n) is 4.85. The van der Waals surface area contributed by atoms with Crippen LogP contribution in [-0.2, 0) is 0 Å². The SMILES string of the molecule is Cc1ccc(C(=O)Nc2ccc3c(c2)Sc2ncccc2C(=O)N3C(C)C)cc1F. The van der Waals surface area contributed by atoms with Crippen molar-refractivity contribution >= 4 is 35.0 Å². The summed E-state index contributed by atoms with van der Waals surface area (Å²) in [6, 6.07) is 13.2. The number of aromatic nitrogens is 1. The first-order chi connectivity index (χ1) is 14.3. The summed E-state index contributed by atoms with van der Waals surface area (Å²) < 4.78 is 13.8. The highest BCUT2D eigenvalue weighted by atomic mass is 32.2. The zero-order chi connectivity index (χ0) is 21.4. The van der Waals surface area contributed by atoms with Crippen molar-refractivity contribution in [3.8, 4) is 0 Å². The Kier molecular flexibility index (Phi) is 5.30. The molecule has 0 spiro atoms. The monoisotopic (exact) mass is 421 g/mol. The van der Waals surface area contributed by atoms with E-state index in [4.69, 9.17) is 0 Å². The normalized spacial score (nSPS) is 13.0. The van der Waals surface area contributed by atoms with Crippen LogP contribution < -0.4 is 10.2 Å². The molecular weight excluding hydrogens is 401 g/mol. The fraction of sp³-hybridized carbons (Fsp3) is 0.174. The summed E-state index contributed by atoms with van der Waals surface area (Å²) in [6.45, 7) is 5.55. The first kappa shape index (κ1) is 20.1. The minimum Gasteiger partial charge on any atom is -0.322 e. The molecule has 4 rings (SSSR count). The van der Waals surface area contributed by atoms with Gasteiger partial charge in [-0.1, -0.05) is 17.8 Å². The maximum Gasteiger partial charge on any atom is 0.261 e. The molecule has 0 saturated heterocycles. The number of rotatable bonds is 3. The summed E-state index contributed by atoms with van der Waals surface area (Å²) >= 11 is 1.38. The van der Waals surface area contributed by atoms with Gasteiger partial charge in [-0.2, -0.15) is 0 Å². The van der Waals surface area contributed by atoms with Crippen LogP contribution in [0, 0.1) is 12.7 Å². The van der Waals surface area contributed by atoms with Crippen molar-refractivity contribution in [1.29, 1.82) is 0 Å². The fourth-order valence-electron chi connectivity index (χ4n) is 3.30. The van der Waals surface area contributed by atoms with E-state index in [1.807, 2.05) is 26.0 Å². The van der Waals surface area contributed by atoms with Gasteiger partial charge in [0.15, 0.2) is 0 Å². The average molecular weight is 421 g/mol. The van der Waals surface area contributed by atoms with Crippen LogP contribution >= 0.6 is 11.8 Å². The molecule has 0 atom stereocenters. The van der Waals surface area contributed by atoms with E-state index in [2.05, 4.69) is 10.3 Å². The third kappa shape index (κ3) is 3.68. The number of nitrogens with one attached hydrogen (secondary N) is 1. The van der Waals surface area contributed by atoms with Crippen LogP contribution in [0.25, 0.3) is 0 Å². The van der Waals surface area contributed by atoms with Gasteiger partial charge in [-0.3, -0.25) is 9.59 Å². The Morgan fingerprint density at radius 1 is 1.17 bits per heavy atom. The molecule has 1 aromatic heterocycles. The molecule has 0 aliphatic carbocycles. The summed E-state index contributed by atoms with van der Waals surface area (Å²) in [5.74, 6) is -0.928. The topological polar surface area (TPSA) is 62.3 Å². The van der Waals surface area contributed by atoms with Crippen LogP contribution in [0.4, 0.5) is 15.8 Å². The van der Waals surface area contributed by atoms with Gasteiger partial charge < -0.3 is 10.2 Å². The molecule has 2 aromatic carbocycles. The van der Waals surface area contributed by atoms with E-state index in [1.165, 1.54) is 17.8 Å². The number of carbonyl (C=O) groups excluding carboxylic acids is 2. The second-order valence-corrected chi connectivity index (χ2v) is 8.36. The van der Waals surface area contributed by atoms with E-state index in [0.717, 1.165) is 10.6 Å². The van der Waals surface area contributed by atoms with Gasteiger partial charge in [0.25, 0.3) is 11.8 Å². The maximum absolute atomic E-state index is 13.8. The highest BCUT2D eigenvalue weighted by Crippen LogP contribution is 2.42. The lowest BCUT2D eigenvalue weighted by atomic mass is 10.1. The number of fused-ring (bicyclic) bond motifs is 2. The summed E-state index contributed by atoms with van der Waals surface area (Å²) in [4.78, 5) is 32.6. The van der Waals surface area contributed by atoms with Crippen LogP contribution in [0.3, 0.4) is 0 Å². The fourth-order valence-corrected chi connectivity index (χ4v) is 4.34. The van der Waals surface area contributed by atoms with E-state index in [1.54, 1.807) is 48.4 Å². The van der Waals surface area contributed by atoms with Gasteiger partial charge >= 0.3 is 0 Å². The smallest absolute Gasteiger partial charge is 0.261 e. The Hall–Kier alpha value is -3.19. The summed E-state index contributed by atoms with van der Waals surface area (Å²) in [5, 5.41) is 3.43. The van der Waals surface area contributed by atoms with Gasteiger partial charge in [-0.15, -0.1) is 0 Å². The van der Waals surface area contributed by atoms with Crippen molar-refractivity contribution in [1.82, 2.24) is 4.98 Å². The van der Waals surface area contributed by atoms with Crippen LogP contribution in [0.15, 0.2) is 64.6 Å². The van der Waals surface area contributed by atoms with E-state index >= 15 is 0 Å². The molecule has 0 unspecified atom stereocenters. The largest absolute Gasteiger partial charge is 0.322 e. The number of pyridine rings is 1. The Bertz CT molecular complexity index is 1160. The maximum atomic E-state index is 13.8. The van der Waals surface area contributed by atoms with Crippen molar-refractivity contribution < 1.29 is 14.0 Å². The number of hydrogen-bond acceptors (Lipinski definition) is 4. The Balaban J connectivity index is 1.70. The number of benzene rings is 2. The molecule has 1 aliphatic heterocycles. The van der Waals surface area contributed by atoms with Gasteiger partial charge in [0.2, 0.25) is 0 Å². The Labute approximate surface area is 178 Å². The lowest BCUT2D eigenvalue weighted by Crippen LogP contribution is -2.37. The van der Waals surface area contributed by atoms with Crippen LogP contribution in [0.1, 0.15) is 40.1 Å². The van der Waals surface area contributed by atoms with Crippen molar-refractivity contribution in [2.24, 2.45) is 0 Å². The number of aryl methyl sites for hydroxylation is 1. The number of nitrogens with zero attached hydrogens (tertiary/aromatic N) is 2.